The highest BCUT2D eigenvalue weighted by molar-refractivity contribution is 6.30. The van der Waals surface area contributed by atoms with Gasteiger partial charge in [0.05, 0.1) is 11.7 Å². The number of aliphatic hydroxyl groups excluding tert-OH is 1. The third-order valence-corrected chi connectivity index (χ3v) is 3.49. The van der Waals surface area contributed by atoms with Crippen LogP contribution in [0.15, 0.2) is 24.3 Å². The van der Waals surface area contributed by atoms with Crippen molar-refractivity contribution in [1.82, 2.24) is 0 Å². The van der Waals surface area contributed by atoms with Crippen molar-refractivity contribution < 1.29 is 14.6 Å². The van der Waals surface area contributed by atoms with E-state index in [1.54, 1.807) is 19.2 Å². The zero-order chi connectivity index (χ0) is 14.5. The largest absolute Gasteiger partial charge is 0.488 e. The average Bonchev–Trinajstić information content (AvgIpc) is 2.36. The Labute approximate surface area is 120 Å². The smallest absolute Gasteiger partial charge is 0.122 e. The summed E-state index contributed by atoms with van der Waals surface area (Å²) in [4.78, 5) is 0. The van der Waals surface area contributed by atoms with Gasteiger partial charge in [-0.05, 0) is 51.8 Å². The summed E-state index contributed by atoms with van der Waals surface area (Å²) < 4.78 is 11.0. The van der Waals surface area contributed by atoms with Crippen molar-refractivity contribution in [2.45, 2.75) is 51.4 Å². The van der Waals surface area contributed by atoms with Crippen molar-refractivity contribution in [3.63, 3.8) is 0 Å². The monoisotopic (exact) mass is 286 g/mol. The Hall–Kier alpha value is -0.770. The van der Waals surface area contributed by atoms with E-state index in [2.05, 4.69) is 0 Å². The summed E-state index contributed by atoms with van der Waals surface area (Å²) in [6, 6.07) is 7.18. The van der Waals surface area contributed by atoms with Crippen molar-refractivity contribution >= 4 is 11.6 Å². The highest BCUT2D eigenvalue weighted by atomic mass is 35.5. The molecule has 0 saturated heterocycles. The van der Waals surface area contributed by atoms with Crippen LogP contribution in [0.25, 0.3) is 0 Å². The molecule has 0 amide bonds. The molecule has 0 spiro atoms. The van der Waals surface area contributed by atoms with E-state index in [-0.39, 0.29) is 11.7 Å². The Morgan fingerprint density at radius 1 is 1.37 bits per heavy atom. The van der Waals surface area contributed by atoms with E-state index in [1.807, 2.05) is 32.9 Å². The molecule has 0 fully saturated rings. The maximum Gasteiger partial charge on any atom is 0.122 e. The molecule has 0 aromatic heterocycles. The van der Waals surface area contributed by atoms with Gasteiger partial charge in [0.15, 0.2) is 0 Å². The number of rotatable bonds is 7. The van der Waals surface area contributed by atoms with E-state index in [0.29, 0.717) is 17.2 Å². The van der Waals surface area contributed by atoms with Gasteiger partial charge in [-0.3, -0.25) is 0 Å². The number of methoxy groups -OCH3 is 1. The Morgan fingerprint density at radius 3 is 2.63 bits per heavy atom. The molecule has 1 aromatic carbocycles. The van der Waals surface area contributed by atoms with E-state index >= 15 is 0 Å². The molecule has 4 heteroatoms. The van der Waals surface area contributed by atoms with Gasteiger partial charge in [-0.2, -0.15) is 0 Å². The number of ether oxygens (including phenoxy) is 2. The molecular formula is C15H23ClO3. The van der Waals surface area contributed by atoms with Crippen LogP contribution in [0.2, 0.25) is 5.02 Å². The van der Waals surface area contributed by atoms with E-state index in [1.165, 1.54) is 0 Å². The Balaban J connectivity index is 2.47. The first-order chi connectivity index (χ1) is 8.84. The molecule has 1 rings (SSSR count). The van der Waals surface area contributed by atoms with Crippen LogP contribution < -0.4 is 4.74 Å². The molecule has 0 saturated carbocycles. The van der Waals surface area contributed by atoms with Crippen LogP contribution in [-0.2, 0) is 4.74 Å². The minimum Gasteiger partial charge on any atom is -0.488 e. The van der Waals surface area contributed by atoms with Gasteiger partial charge in [0.1, 0.15) is 11.9 Å². The second-order valence-corrected chi connectivity index (χ2v) is 5.79. The summed E-state index contributed by atoms with van der Waals surface area (Å²) in [6.45, 7) is 5.86. The number of benzene rings is 1. The molecular weight excluding hydrogens is 264 g/mol. The third kappa shape index (κ3) is 5.81. The highest BCUT2D eigenvalue weighted by Crippen LogP contribution is 2.22. The maximum atomic E-state index is 10.1. The van der Waals surface area contributed by atoms with E-state index in [4.69, 9.17) is 21.1 Å². The fourth-order valence-electron chi connectivity index (χ4n) is 1.67. The van der Waals surface area contributed by atoms with Gasteiger partial charge in [0.2, 0.25) is 0 Å². The first-order valence-corrected chi connectivity index (χ1v) is 6.87. The van der Waals surface area contributed by atoms with E-state index in [0.717, 1.165) is 6.42 Å². The summed E-state index contributed by atoms with van der Waals surface area (Å²) in [7, 11) is 1.68. The van der Waals surface area contributed by atoms with Crippen LogP contribution in [0.3, 0.4) is 0 Å². The SMILES string of the molecule is COC(C)(C)CCC(O)C(C)Oc1cccc(Cl)c1. The molecule has 0 heterocycles. The van der Waals surface area contributed by atoms with Crippen molar-refractivity contribution in [2.75, 3.05) is 7.11 Å². The summed E-state index contributed by atoms with van der Waals surface area (Å²) in [6.07, 6.45) is 0.579. The van der Waals surface area contributed by atoms with Crippen LogP contribution in [0.4, 0.5) is 0 Å². The molecule has 0 bridgehead atoms. The van der Waals surface area contributed by atoms with Gasteiger partial charge in [0.25, 0.3) is 0 Å². The third-order valence-electron chi connectivity index (χ3n) is 3.25. The second kappa shape index (κ2) is 7.13. The zero-order valence-corrected chi connectivity index (χ0v) is 12.8. The van der Waals surface area contributed by atoms with Crippen LogP contribution in [0.5, 0.6) is 5.75 Å². The first kappa shape index (κ1) is 16.3. The standard InChI is InChI=1S/C15H23ClO3/c1-11(14(17)8-9-15(2,3)18-4)19-13-7-5-6-12(16)10-13/h5-7,10-11,14,17H,8-9H2,1-4H3. The van der Waals surface area contributed by atoms with Gasteiger partial charge in [-0.25, -0.2) is 0 Å². The van der Waals surface area contributed by atoms with Crippen LogP contribution >= 0.6 is 11.6 Å². The minimum atomic E-state index is -0.534. The van der Waals surface area contributed by atoms with Crippen LogP contribution in [-0.4, -0.2) is 30.0 Å². The number of aliphatic hydroxyl groups is 1. The highest BCUT2D eigenvalue weighted by Gasteiger charge is 2.22. The van der Waals surface area contributed by atoms with Gasteiger partial charge in [0, 0.05) is 12.1 Å². The lowest BCUT2D eigenvalue weighted by atomic mass is 9.98. The summed E-state index contributed by atoms with van der Waals surface area (Å²) in [5.74, 6) is 0.671. The van der Waals surface area contributed by atoms with Crippen LogP contribution in [0.1, 0.15) is 33.6 Å². The minimum absolute atomic E-state index is 0.225. The number of hydrogen-bond donors (Lipinski definition) is 1. The first-order valence-electron chi connectivity index (χ1n) is 6.49. The summed E-state index contributed by atoms with van der Waals surface area (Å²) in [5.41, 5.74) is -0.225. The van der Waals surface area contributed by atoms with Gasteiger partial charge < -0.3 is 14.6 Å². The van der Waals surface area contributed by atoms with Crippen molar-refractivity contribution in [2.24, 2.45) is 0 Å². The van der Waals surface area contributed by atoms with Crippen molar-refractivity contribution in [3.8, 4) is 5.75 Å². The van der Waals surface area contributed by atoms with E-state index in [9.17, 15) is 5.11 Å². The zero-order valence-electron chi connectivity index (χ0n) is 12.0. The number of hydrogen-bond acceptors (Lipinski definition) is 3. The van der Waals surface area contributed by atoms with E-state index < -0.39 is 6.10 Å². The fraction of sp³-hybridized carbons (Fsp3) is 0.600. The van der Waals surface area contributed by atoms with Crippen molar-refractivity contribution in [3.05, 3.63) is 29.3 Å². The summed E-state index contributed by atoms with van der Waals surface area (Å²) in [5, 5.41) is 10.7. The topological polar surface area (TPSA) is 38.7 Å². The fourth-order valence-corrected chi connectivity index (χ4v) is 1.85. The predicted octanol–water partition coefficient (Wildman–Crippen LogP) is 3.67. The molecule has 2 unspecified atom stereocenters. The molecule has 0 aliphatic heterocycles. The summed E-state index contributed by atoms with van der Waals surface area (Å²) >= 11 is 5.89. The number of halogens is 1. The molecule has 3 nitrogen and oxygen atoms in total. The van der Waals surface area contributed by atoms with Crippen molar-refractivity contribution in [1.29, 1.82) is 0 Å². The molecule has 108 valence electrons. The maximum absolute atomic E-state index is 10.1. The molecule has 1 N–H and O–H groups in total. The van der Waals surface area contributed by atoms with Gasteiger partial charge >= 0.3 is 0 Å². The molecule has 2 atom stereocenters. The quantitative estimate of drug-likeness (QED) is 0.831. The average molecular weight is 287 g/mol. The lowest BCUT2D eigenvalue weighted by Crippen LogP contribution is -2.32. The van der Waals surface area contributed by atoms with Gasteiger partial charge in [-0.15, -0.1) is 0 Å². The normalized spacial score (nSPS) is 15.1. The molecule has 0 radical (unpaired) electrons. The molecule has 0 aliphatic rings. The predicted molar refractivity (Wildman–Crippen MR) is 77.9 cm³/mol. The van der Waals surface area contributed by atoms with Gasteiger partial charge in [-0.1, -0.05) is 17.7 Å². The Bertz CT molecular complexity index is 393. The second-order valence-electron chi connectivity index (χ2n) is 5.35. The molecule has 19 heavy (non-hydrogen) atoms. The molecule has 0 aliphatic carbocycles. The molecule has 1 aromatic rings. The lowest BCUT2D eigenvalue weighted by molar-refractivity contribution is -0.0138. The Morgan fingerprint density at radius 2 is 2.05 bits per heavy atom. The Kier molecular flexibility index (Phi) is 6.11. The lowest BCUT2D eigenvalue weighted by Gasteiger charge is -2.26. The van der Waals surface area contributed by atoms with Crippen LogP contribution in [0, 0.1) is 0 Å².